The summed E-state index contributed by atoms with van der Waals surface area (Å²) in [5, 5.41) is 0. The van der Waals surface area contributed by atoms with Gasteiger partial charge in [0.05, 0.1) is 11.2 Å². The Hall–Kier alpha value is -0.995. The summed E-state index contributed by atoms with van der Waals surface area (Å²) in [5.41, 5.74) is 1.84. The summed E-state index contributed by atoms with van der Waals surface area (Å²) in [6, 6.07) is 8.66. The second-order valence-electron chi connectivity index (χ2n) is 7.85. The molecule has 1 aromatic carbocycles. The van der Waals surface area contributed by atoms with Crippen LogP contribution in [0.5, 0.6) is 0 Å². The fourth-order valence-corrected chi connectivity index (χ4v) is 3.11. The van der Waals surface area contributed by atoms with Crippen LogP contribution in [0, 0.1) is 5.92 Å². The van der Waals surface area contributed by atoms with Gasteiger partial charge in [-0.15, -0.1) is 0 Å². The van der Waals surface area contributed by atoms with Gasteiger partial charge in [-0.05, 0) is 64.1 Å². The van der Waals surface area contributed by atoms with E-state index in [2.05, 4.69) is 63.8 Å². The van der Waals surface area contributed by atoms with Gasteiger partial charge < -0.3 is 14.2 Å². The smallest absolute Gasteiger partial charge is 0.399 e. The Kier molecular flexibility index (Phi) is 4.02. The zero-order chi connectivity index (χ0) is 16.0. The predicted molar refractivity (Wildman–Crippen MR) is 92.8 cm³/mol. The van der Waals surface area contributed by atoms with E-state index < -0.39 is 0 Å². The Morgan fingerprint density at radius 2 is 1.64 bits per heavy atom. The molecule has 0 N–H and O–H groups in total. The molecule has 0 spiro atoms. The molecule has 0 saturated carbocycles. The first-order valence-electron chi connectivity index (χ1n) is 8.49. The molecular formula is C18H28BNO2. The zero-order valence-electron chi connectivity index (χ0n) is 14.6. The minimum absolute atomic E-state index is 0.270. The molecular weight excluding hydrogens is 273 g/mol. The monoisotopic (exact) mass is 301 g/mol. The van der Waals surface area contributed by atoms with E-state index in [9.17, 15) is 0 Å². The number of hydrogen-bond acceptors (Lipinski definition) is 3. The third-order valence-corrected chi connectivity index (χ3v) is 5.54. The van der Waals surface area contributed by atoms with Gasteiger partial charge in [-0.3, -0.25) is 0 Å². The average Bonchev–Trinajstić information content (AvgIpc) is 2.68. The van der Waals surface area contributed by atoms with Crippen molar-refractivity contribution in [2.45, 2.75) is 58.7 Å². The van der Waals surface area contributed by atoms with Crippen molar-refractivity contribution in [1.82, 2.24) is 0 Å². The summed E-state index contributed by atoms with van der Waals surface area (Å²) in [6.07, 6.45) is 2.56. The molecule has 0 aliphatic carbocycles. The molecule has 2 aliphatic rings. The molecule has 22 heavy (non-hydrogen) atoms. The second kappa shape index (κ2) is 5.57. The van der Waals surface area contributed by atoms with E-state index in [1.807, 2.05) is 0 Å². The highest BCUT2D eigenvalue weighted by Gasteiger charge is 2.51. The first-order chi connectivity index (χ1) is 10.3. The van der Waals surface area contributed by atoms with E-state index in [0.717, 1.165) is 24.5 Å². The minimum Gasteiger partial charge on any atom is -0.399 e. The van der Waals surface area contributed by atoms with E-state index >= 15 is 0 Å². The molecule has 4 heteroatoms. The van der Waals surface area contributed by atoms with Gasteiger partial charge in [0.2, 0.25) is 0 Å². The predicted octanol–water partition coefficient (Wildman–Crippen LogP) is 3.22. The normalized spacial score (nSPS) is 24.8. The lowest BCUT2D eigenvalue weighted by atomic mass is 9.79. The largest absolute Gasteiger partial charge is 0.494 e. The molecule has 0 unspecified atom stereocenters. The molecule has 3 nitrogen and oxygen atoms in total. The molecule has 2 heterocycles. The van der Waals surface area contributed by atoms with Crippen molar-refractivity contribution >= 4 is 18.3 Å². The summed E-state index contributed by atoms with van der Waals surface area (Å²) in [4.78, 5) is 2.48. The van der Waals surface area contributed by atoms with E-state index in [0.29, 0.717) is 0 Å². The number of anilines is 1. The van der Waals surface area contributed by atoms with Crippen LogP contribution in [0.4, 0.5) is 5.69 Å². The maximum absolute atomic E-state index is 6.17. The number of benzene rings is 1. The maximum Gasteiger partial charge on any atom is 0.494 e. The summed E-state index contributed by atoms with van der Waals surface area (Å²) < 4.78 is 12.3. The van der Waals surface area contributed by atoms with E-state index in [4.69, 9.17) is 9.31 Å². The zero-order valence-corrected chi connectivity index (χ0v) is 14.6. The third-order valence-electron chi connectivity index (χ3n) is 5.54. The molecule has 2 aliphatic heterocycles. The van der Waals surface area contributed by atoms with Gasteiger partial charge in [-0.25, -0.2) is 0 Å². The van der Waals surface area contributed by atoms with Crippen molar-refractivity contribution in [3.05, 3.63) is 24.3 Å². The first-order valence-corrected chi connectivity index (χ1v) is 8.49. The van der Waals surface area contributed by atoms with Gasteiger partial charge in [-0.1, -0.05) is 19.1 Å². The molecule has 0 amide bonds. The van der Waals surface area contributed by atoms with Crippen LogP contribution in [-0.4, -0.2) is 31.4 Å². The van der Waals surface area contributed by atoms with Crippen molar-refractivity contribution < 1.29 is 9.31 Å². The number of hydrogen-bond donors (Lipinski definition) is 0. The maximum atomic E-state index is 6.17. The molecule has 3 rings (SSSR count). The van der Waals surface area contributed by atoms with Crippen molar-refractivity contribution in [3.8, 4) is 0 Å². The quantitative estimate of drug-likeness (QED) is 0.783. The fourth-order valence-electron chi connectivity index (χ4n) is 3.11. The van der Waals surface area contributed by atoms with Crippen LogP contribution >= 0.6 is 0 Å². The van der Waals surface area contributed by atoms with Crippen LogP contribution in [0.1, 0.15) is 47.5 Å². The van der Waals surface area contributed by atoms with Crippen LogP contribution in [0.2, 0.25) is 0 Å². The molecule has 1 aromatic rings. The van der Waals surface area contributed by atoms with Crippen LogP contribution < -0.4 is 10.4 Å². The highest BCUT2D eigenvalue weighted by Crippen LogP contribution is 2.36. The second-order valence-corrected chi connectivity index (χ2v) is 7.85. The lowest BCUT2D eigenvalue weighted by molar-refractivity contribution is 0.00578. The lowest BCUT2D eigenvalue weighted by Gasteiger charge is -2.32. The highest BCUT2D eigenvalue weighted by atomic mass is 16.7. The third kappa shape index (κ3) is 2.91. The summed E-state index contributed by atoms with van der Waals surface area (Å²) in [6.45, 7) is 13.0. The van der Waals surface area contributed by atoms with Gasteiger partial charge in [0, 0.05) is 18.8 Å². The van der Waals surface area contributed by atoms with E-state index in [-0.39, 0.29) is 18.3 Å². The van der Waals surface area contributed by atoms with E-state index in [1.54, 1.807) is 0 Å². The SMILES string of the molecule is CC1CCN(c2cccc(B3OC(C)(C)C(C)(C)O3)c2)CC1. The van der Waals surface area contributed by atoms with Crippen LogP contribution in [0.25, 0.3) is 0 Å². The molecule has 0 bridgehead atoms. The number of piperidine rings is 1. The standard InChI is InChI=1S/C18H28BNO2/c1-14-9-11-20(12-10-14)16-8-6-7-15(13-16)19-21-17(2,3)18(4,5)22-19/h6-8,13-14H,9-12H2,1-5H3. The summed E-state index contributed by atoms with van der Waals surface area (Å²) in [7, 11) is -0.270. The summed E-state index contributed by atoms with van der Waals surface area (Å²) >= 11 is 0. The Labute approximate surface area is 135 Å². The first kappa shape index (κ1) is 15.9. The Morgan fingerprint density at radius 1 is 1.05 bits per heavy atom. The average molecular weight is 301 g/mol. The van der Waals surface area contributed by atoms with Crippen LogP contribution in [-0.2, 0) is 9.31 Å². The molecule has 0 radical (unpaired) electrons. The van der Waals surface area contributed by atoms with Crippen molar-refractivity contribution in [1.29, 1.82) is 0 Å². The molecule has 0 aromatic heterocycles. The Balaban J connectivity index is 1.78. The van der Waals surface area contributed by atoms with Crippen molar-refractivity contribution in [3.63, 3.8) is 0 Å². The number of rotatable bonds is 2. The van der Waals surface area contributed by atoms with Crippen molar-refractivity contribution in [2.75, 3.05) is 18.0 Å². The van der Waals surface area contributed by atoms with Gasteiger partial charge in [-0.2, -0.15) is 0 Å². The molecule has 0 atom stereocenters. The van der Waals surface area contributed by atoms with Gasteiger partial charge >= 0.3 is 7.12 Å². The molecule has 2 saturated heterocycles. The van der Waals surface area contributed by atoms with Gasteiger partial charge in [0.1, 0.15) is 0 Å². The topological polar surface area (TPSA) is 21.7 Å². The Morgan fingerprint density at radius 3 is 2.23 bits per heavy atom. The Bertz CT molecular complexity index is 520. The van der Waals surface area contributed by atoms with E-state index in [1.165, 1.54) is 18.5 Å². The summed E-state index contributed by atoms with van der Waals surface area (Å²) in [5.74, 6) is 0.850. The van der Waals surface area contributed by atoms with Crippen LogP contribution in [0.3, 0.4) is 0 Å². The van der Waals surface area contributed by atoms with Crippen molar-refractivity contribution in [2.24, 2.45) is 5.92 Å². The highest BCUT2D eigenvalue weighted by molar-refractivity contribution is 6.62. The lowest BCUT2D eigenvalue weighted by Crippen LogP contribution is -2.41. The molecule has 2 fully saturated rings. The van der Waals surface area contributed by atoms with Gasteiger partial charge in [0.15, 0.2) is 0 Å². The molecule has 120 valence electrons. The van der Waals surface area contributed by atoms with Gasteiger partial charge in [0.25, 0.3) is 0 Å². The minimum atomic E-state index is -0.284. The number of nitrogens with zero attached hydrogens (tertiary/aromatic N) is 1. The van der Waals surface area contributed by atoms with Crippen LogP contribution in [0.15, 0.2) is 24.3 Å². The fraction of sp³-hybridized carbons (Fsp3) is 0.667.